The third-order valence-corrected chi connectivity index (χ3v) is 4.85. The molecule has 3 nitrogen and oxygen atoms in total. The molecule has 0 aliphatic rings. The van der Waals surface area contributed by atoms with Gasteiger partial charge in [0.1, 0.15) is 0 Å². The highest BCUT2D eigenvalue weighted by Gasteiger charge is 2.08. The predicted octanol–water partition coefficient (Wildman–Crippen LogP) is 5.31. The van der Waals surface area contributed by atoms with Crippen LogP contribution in [0.15, 0.2) is 23.1 Å². The molecule has 0 saturated heterocycles. The number of nitrogens with two attached hydrogens (primary N) is 1. The summed E-state index contributed by atoms with van der Waals surface area (Å²) in [5, 5.41) is 0. The summed E-state index contributed by atoms with van der Waals surface area (Å²) < 4.78 is 20.6. The fourth-order valence-electron chi connectivity index (χ4n) is 2.77. The Bertz CT molecular complexity index is 449. The predicted molar refractivity (Wildman–Crippen MR) is 95.4 cm³/mol. The molecule has 0 aliphatic carbocycles. The molecule has 0 saturated carbocycles. The lowest BCUT2D eigenvalue weighted by atomic mass is 10.0. The minimum absolute atomic E-state index is 0.505. The Morgan fingerprint density at radius 2 is 1.50 bits per heavy atom. The Kier molecular flexibility index (Phi) is 10.2. The zero-order valence-corrected chi connectivity index (χ0v) is 14.7. The van der Waals surface area contributed by atoms with Crippen LogP contribution in [0, 0.1) is 0 Å². The Hall–Kier alpha value is -0.870. The second kappa shape index (κ2) is 11.7. The van der Waals surface area contributed by atoms with Gasteiger partial charge in [-0.2, -0.15) is 0 Å². The van der Waals surface area contributed by atoms with Gasteiger partial charge in [0.25, 0.3) is 0 Å². The molecule has 0 aromatic heterocycles. The molecule has 0 aliphatic heterocycles. The fourth-order valence-corrected chi connectivity index (χ4v) is 3.34. The van der Waals surface area contributed by atoms with E-state index in [9.17, 15) is 8.76 Å². The van der Waals surface area contributed by atoms with E-state index >= 15 is 0 Å². The summed E-state index contributed by atoms with van der Waals surface area (Å²) in [4.78, 5) is 0.505. The van der Waals surface area contributed by atoms with E-state index in [4.69, 9.17) is 5.73 Å². The summed E-state index contributed by atoms with van der Waals surface area (Å²) in [6, 6.07) is 5.18. The van der Waals surface area contributed by atoms with E-state index in [1.54, 1.807) is 12.1 Å². The molecular formula is C18H31NO2S. The summed E-state index contributed by atoms with van der Waals surface area (Å²) in [6.45, 7) is 2.25. The van der Waals surface area contributed by atoms with Crippen LogP contribution in [0.4, 0.5) is 5.69 Å². The van der Waals surface area contributed by atoms with E-state index in [1.807, 2.05) is 6.07 Å². The SMILES string of the molecule is CCCCCCCCCCCCc1cc(N)ccc1S(=O)O. The first-order chi connectivity index (χ1) is 10.6. The van der Waals surface area contributed by atoms with E-state index in [0.717, 1.165) is 18.4 Å². The van der Waals surface area contributed by atoms with Crippen LogP contribution < -0.4 is 5.73 Å². The van der Waals surface area contributed by atoms with Gasteiger partial charge in [0.2, 0.25) is 0 Å². The minimum atomic E-state index is -1.92. The molecule has 1 atom stereocenters. The van der Waals surface area contributed by atoms with E-state index < -0.39 is 11.1 Å². The number of anilines is 1. The van der Waals surface area contributed by atoms with Crippen molar-refractivity contribution in [2.24, 2.45) is 0 Å². The molecule has 3 N–H and O–H groups in total. The van der Waals surface area contributed by atoms with Crippen molar-refractivity contribution in [3.63, 3.8) is 0 Å². The van der Waals surface area contributed by atoms with Gasteiger partial charge in [0.05, 0.1) is 4.90 Å². The van der Waals surface area contributed by atoms with E-state index in [0.29, 0.717) is 10.6 Å². The molecule has 0 amide bonds. The van der Waals surface area contributed by atoms with Crippen molar-refractivity contribution in [3.05, 3.63) is 23.8 Å². The zero-order valence-electron chi connectivity index (χ0n) is 13.9. The average molecular weight is 326 g/mol. The third-order valence-electron chi connectivity index (χ3n) is 4.07. The molecule has 22 heavy (non-hydrogen) atoms. The summed E-state index contributed by atoms with van der Waals surface area (Å²) in [5.74, 6) is 0. The van der Waals surface area contributed by atoms with Gasteiger partial charge in [-0.05, 0) is 36.6 Å². The van der Waals surface area contributed by atoms with Crippen molar-refractivity contribution in [2.45, 2.75) is 82.4 Å². The van der Waals surface area contributed by atoms with Gasteiger partial charge in [-0.1, -0.05) is 64.7 Å². The van der Waals surface area contributed by atoms with E-state index in [1.165, 1.54) is 57.8 Å². The number of benzene rings is 1. The lowest BCUT2D eigenvalue weighted by Crippen LogP contribution is -1.99. The number of nitrogen functional groups attached to an aromatic ring is 1. The molecular weight excluding hydrogens is 294 g/mol. The maximum Gasteiger partial charge on any atom is 0.186 e. The van der Waals surface area contributed by atoms with Crippen molar-refractivity contribution in [2.75, 3.05) is 5.73 Å². The summed E-state index contributed by atoms with van der Waals surface area (Å²) in [6.07, 6.45) is 13.8. The van der Waals surface area contributed by atoms with Gasteiger partial charge >= 0.3 is 0 Å². The molecule has 4 heteroatoms. The molecule has 1 rings (SSSR count). The van der Waals surface area contributed by atoms with Crippen LogP contribution in [-0.2, 0) is 17.5 Å². The van der Waals surface area contributed by atoms with Gasteiger partial charge in [-0.15, -0.1) is 0 Å². The van der Waals surface area contributed by atoms with Crippen molar-refractivity contribution >= 4 is 16.8 Å². The maximum absolute atomic E-state index is 11.3. The molecule has 0 spiro atoms. The third kappa shape index (κ3) is 7.95. The first-order valence-electron chi connectivity index (χ1n) is 8.64. The topological polar surface area (TPSA) is 63.3 Å². The van der Waals surface area contributed by atoms with Crippen LogP contribution in [0.1, 0.15) is 76.7 Å². The molecule has 0 radical (unpaired) electrons. The number of unbranched alkanes of at least 4 members (excludes halogenated alkanes) is 9. The summed E-state index contributed by atoms with van der Waals surface area (Å²) in [7, 11) is 0. The Morgan fingerprint density at radius 3 is 2.05 bits per heavy atom. The first kappa shape index (κ1) is 19.2. The zero-order chi connectivity index (χ0) is 16.2. The molecule has 0 bridgehead atoms. The van der Waals surface area contributed by atoms with Crippen molar-refractivity contribution < 1.29 is 8.76 Å². The Morgan fingerprint density at radius 1 is 0.955 bits per heavy atom. The molecule has 0 fully saturated rings. The highest BCUT2D eigenvalue weighted by Crippen LogP contribution is 2.20. The largest absolute Gasteiger partial charge is 0.399 e. The Labute approximate surface area is 138 Å². The van der Waals surface area contributed by atoms with Crippen LogP contribution in [0.3, 0.4) is 0 Å². The van der Waals surface area contributed by atoms with Gasteiger partial charge in [-0.3, -0.25) is 0 Å². The normalized spacial score (nSPS) is 12.5. The molecule has 126 valence electrons. The first-order valence-corrected chi connectivity index (χ1v) is 9.75. The lowest BCUT2D eigenvalue weighted by molar-refractivity contribution is 0.553. The fraction of sp³-hybridized carbons (Fsp3) is 0.667. The minimum Gasteiger partial charge on any atom is -0.399 e. The smallest absolute Gasteiger partial charge is 0.186 e. The van der Waals surface area contributed by atoms with Gasteiger partial charge in [0, 0.05) is 5.69 Å². The number of rotatable bonds is 12. The average Bonchev–Trinajstić information content (AvgIpc) is 2.49. The highest BCUT2D eigenvalue weighted by molar-refractivity contribution is 7.79. The molecule has 1 aromatic carbocycles. The van der Waals surface area contributed by atoms with Crippen LogP contribution in [0.25, 0.3) is 0 Å². The lowest BCUT2D eigenvalue weighted by Gasteiger charge is -2.08. The van der Waals surface area contributed by atoms with Crippen LogP contribution in [-0.4, -0.2) is 8.76 Å². The standard InChI is InChI=1S/C18H31NO2S/c1-2-3-4-5-6-7-8-9-10-11-12-16-15-17(19)13-14-18(16)22(20)21/h13-15H,2-12,19H2,1H3,(H,20,21). The summed E-state index contributed by atoms with van der Waals surface area (Å²) in [5.41, 5.74) is 7.35. The van der Waals surface area contributed by atoms with E-state index in [2.05, 4.69) is 6.92 Å². The second-order valence-electron chi connectivity index (χ2n) is 6.05. The molecule has 0 heterocycles. The number of hydrogen-bond donors (Lipinski definition) is 2. The van der Waals surface area contributed by atoms with Gasteiger partial charge in [0.15, 0.2) is 11.1 Å². The maximum atomic E-state index is 11.3. The molecule has 1 unspecified atom stereocenters. The van der Waals surface area contributed by atoms with E-state index in [-0.39, 0.29) is 0 Å². The van der Waals surface area contributed by atoms with Gasteiger partial charge in [-0.25, -0.2) is 4.21 Å². The number of aryl methyl sites for hydroxylation is 1. The molecule has 1 aromatic rings. The second-order valence-corrected chi connectivity index (χ2v) is 6.99. The van der Waals surface area contributed by atoms with Crippen molar-refractivity contribution in [1.29, 1.82) is 0 Å². The van der Waals surface area contributed by atoms with Crippen LogP contribution in [0.5, 0.6) is 0 Å². The van der Waals surface area contributed by atoms with Crippen LogP contribution >= 0.6 is 0 Å². The van der Waals surface area contributed by atoms with Crippen molar-refractivity contribution in [3.8, 4) is 0 Å². The number of hydrogen-bond acceptors (Lipinski definition) is 2. The highest BCUT2D eigenvalue weighted by atomic mass is 32.2. The van der Waals surface area contributed by atoms with Crippen LogP contribution in [0.2, 0.25) is 0 Å². The summed E-state index contributed by atoms with van der Waals surface area (Å²) >= 11 is -1.92. The quantitative estimate of drug-likeness (QED) is 0.311. The Balaban J connectivity index is 2.15. The van der Waals surface area contributed by atoms with Crippen molar-refractivity contribution in [1.82, 2.24) is 0 Å². The monoisotopic (exact) mass is 325 g/mol. The van der Waals surface area contributed by atoms with Gasteiger partial charge < -0.3 is 10.3 Å².